The summed E-state index contributed by atoms with van der Waals surface area (Å²) in [7, 11) is 0. The van der Waals surface area contributed by atoms with E-state index in [0.717, 1.165) is 6.07 Å². The van der Waals surface area contributed by atoms with Gasteiger partial charge in [-0.3, -0.25) is 0 Å². The minimum Gasteiger partial charge on any atom is -0.491 e. The normalized spacial score (nSPS) is 10.5. The topological polar surface area (TPSA) is 44.5 Å². The van der Waals surface area contributed by atoms with Gasteiger partial charge in [0.25, 0.3) is 0 Å². The third-order valence-corrected chi connectivity index (χ3v) is 3.58. The number of halogens is 4. The van der Waals surface area contributed by atoms with E-state index < -0.39 is 5.82 Å². The summed E-state index contributed by atoms with van der Waals surface area (Å²) in [5.41, 5.74) is 5.84. The van der Waals surface area contributed by atoms with Crippen LogP contribution in [0.2, 0.25) is 15.1 Å². The summed E-state index contributed by atoms with van der Waals surface area (Å²) in [5.74, 6) is -0.0632. The van der Waals surface area contributed by atoms with Crippen molar-refractivity contribution < 1.29 is 13.9 Å². The minimum absolute atomic E-state index is 0.0397. The summed E-state index contributed by atoms with van der Waals surface area (Å²) in [6, 6.07) is 5.37. The van der Waals surface area contributed by atoms with Crippen LogP contribution in [-0.2, 0) is 0 Å². The molecule has 3 nitrogen and oxygen atoms in total. The van der Waals surface area contributed by atoms with E-state index in [1.54, 1.807) is 6.92 Å². The molecule has 0 saturated carbocycles. The molecular weight excluding hydrogens is 340 g/mol. The van der Waals surface area contributed by atoms with E-state index in [1.807, 2.05) is 0 Å². The van der Waals surface area contributed by atoms with Crippen LogP contribution in [0, 0.1) is 5.82 Å². The lowest BCUT2D eigenvalue weighted by Gasteiger charge is -2.13. The number of hydrogen-bond donors (Lipinski definition) is 1. The fraction of sp³-hybridized carbons (Fsp3) is 0.143. The smallest absolute Gasteiger partial charge is 0.167 e. The molecule has 0 spiro atoms. The lowest BCUT2D eigenvalue weighted by Crippen LogP contribution is -1.99. The van der Waals surface area contributed by atoms with Crippen molar-refractivity contribution in [1.29, 1.82) is 0 Å². The van der Waals surface area contributed by atoms with Gasteiger partial charge >= 0.3 is 0 Å². The average molecular weight is 351 g/mol. The SMILES string of the molecule is CCOc1cc(Oc2cc(Cl)c(Cl)cc2Cl)c(N)cc1F. The van der Waals surface area contributed by atoms with Gasteiger partial charge in [-0.25, -0.2) is 4.39 Å². The first-order valence-corrected chi connectivity index (χ1v) is 7.10. The highest BCUT2D eigenvalue weighted by Gasteiger charge is 2.13. The lowest BCUT2D eigenvalue weighted by atomic mass is 10.2. The first kappa shape index (κ1) is 16.0. The van der Waals surface area contributed by atoms with E-state index >= 15 is 0 Å². The molecule has 2 rings (SSSR count). The molecule has 0 atom stereocenters. The van der Waals surface area contributed by atoms with Crippen LogP contribution in [0.3, 0.4) is 0 Å². The third-order valence-electron chi connectivity index (χ3n) is 2.56. The van der Waals surface area contributed by atoms with Crippen LogP contribution in [0.4, 0.5) is 10.1 Å². The number of nitrogen functional groups attached to an aromatic ring is 1. The van der Waals surface area contributed by atoms with Gasteiger partial charge in [0.1, 0.15) is 5.75 Å². The van der Waals surface area contributed by atoms with E-state index in [-0.39, 0.29) is 33.0 Å². The maximum Gasteiger partial charge on any atom is 0.167 e. The maximum absolute atomic E-state index is 13.6. The van der Waals surface area contributed by atoms with Crippen molar-refractivity contribution in [2.24, 2.45) is 0 Å². The molecule has 2 aromatic rings. The summed E-state index contributed by atoms with van der Waals surface area (Å²) in [4.78, 5) is 0. The van der Waals surface area contributed by atoms with Crippen molar-refractivity contribution in [2.75, 3.05) is 12.3 Å². The first-order chi connectivity index (χ1) is 9.92. The monoisotopic (exact) mass is 349 g/mol. The van der Waals surface area contributed by atoms with Crippen molar-refractivity contribution in [3.8, 4) is 17.2 Å². The molecule has 0 aliphatic rings. The molecule has 2 N–H and O–H groups in total. The quantitative estimate of drug-likeness (QED) is 0.580. The molecule has 0 aromatic heterocycles. The van der Waals surface area contributed by atoms with E-state index in [2.05, 4.69) is 0 Å². The number of benzene rings is 2. The summed E-state index contributed by atoms with van der Waals surface area (Å²) in [6.45, 7) is 2.06. The zero-order chi connectivity index (χ0) is 15.6. The highest BCUT2D eigenvalue weighted by atomic mass is 35.5. The van der Waals surface area contributed by atoms with Gasteiger partial charge in [-0.2, -0.15) is 0 Å². The summed E-state index contributed by atoms with van der Waals surface area (Å²) in [5, 5.41) is 0.837. The van der Waals surface area contributed by atoms with E-state index in [4.69, 9.17) is 50.0 Å². The summed E-state index contributed by atoms with van der Waals surface area (Å²) >= 11 is 17.8. The van der Waals surface area contributed by atoms with Crippen molar-refractivity contribution in [3.05, 3.63) is 45.2 Å². The Morgan fingerprint density at radius 2 is 1.62 bits per heavy atom. The van der Waals surface area contributed by atoms with Gasteiger partial charge in [0.2, 0.25) is 0 Å². The molecule has 0 aliphatic heterocycles. The minimum atomic E-state index is -0.568. The Labute approximate surface area is 136 Å². The van der Waals surface area contributed by atoms with Gasteiger partial charge in [0.05, 0.1) is 27.4 Å². The van der Waals surface area contributed by atoms with Crippen molar-refractivity contribution in [2.45, 2.75) is 6.92 Å². The zero-order valence-electron chi connectivity index (χ0n) is 10.9. The highest BCUT2D eigenvalue weighted by molar-refractivity contribution is 6.43. The van der Waals surface area contributed by atoms with Crippen LogP contribution < -0.4 is 15.2 Å². The molecule has 0 radical (unpaired) electrons. The van der Waals surface area contributed by atoms with Crippen LogP contribution in [-0.4, -0.2) is 6.61 Å². The van der Waals surface area contributed by atoms with Crippen LogP contribution in [0.1, 0.15) is 6.92 Å². The maximum atomic E-state index is 13.6. The first-order valence-electron chi connectivity index (χ1n) is 5.96. The van der Waals surface area contributed by atoms with E-state index in [0.29, 0.717) is 11.6 Å². The number of ether oxygens (including phenoxy) is 2. The van der Waals surface area contributed by atoms with Crippen LogP contribution in [0.15, 0.2) is 24.3 Å². The van der Waals surface area contributed by atoms with E-state index in [1.165, 1.54) is 18.2 Å². The number of nitrogens with two attached hydrogens (primary N) is 1. The van der Waals surface area contributed by atoms with Gasteiger partial charge in [-0.1, -0.05) is 34.8 Å². The summed E-state index contributed by atoms with van der Waals surface area (Å²) < 4.78 is 24.4. The molecule has 0 heterocycles. The Kier molecular flexibility index (Phi) is 5.04. The fourth-order valence-corrected chi connectivity index (χ4v) is 2.18. The highest BCUT2D eigenvalue weighted by Crippen LogP contribution is 2.39. The molecule has 0 fully saturated rings. The van der Waals surface area contributed by atoms with Crippen molar-refractivity contribution in [3.63, 3.8) is 0 Å². The number of anilines is 1. The van der Waals surface area contributed by atoms with Gasteiger partial charge in [-0.15, -0.1) is 0 Å². The molecule has 0 unspecified atom stereocenters. The molecule has 21 heavy (non-hydrogen) atoms. The predicted octanol–water partition coefficient (Wildman–Crippen LogP) is 5.56. The second kappa shape index (κ2) is 6.60. The van der Waals surface area contributed by atoms with Crippen molar-refractivity contribution >= 4 is 40.5 Å². The molecule has 112 valence electrons. The zero-order valence-corrected chi connectivity index (χ0v) is 13.2. The molecule has 0 amide bonds. The van der Waals surface area contributed by atoms with Crippen LogP contribution in [0.25, 0.3) is 0 Å². The average Bonchev–Trinajstić information content (AvgIpc) is 2.41. The number of hydrogen-bond acceptors (Lipinski definition) is 3. The molecule has 0 saturated heterocycles. The van der Waals surface area contributed by atoms with Gasteiger partial charge in [0.15, 0.2) is 17.3 Å². The van der Waals surface area contributed by atoms with E-state index in [9.17, 15) is 4.39 Å². The van der Waals surface area contributed by atoms with Crippen LogP contribution in [0.5, 0.6) is 17.2 Å². The second-order valence-corrected chi connectivity index (χ2v) is 5.27. The molecule has 7 heteroatoms. The van der Waals surface area contributed by atoms with Crippen molar-refractivity contribution in [1.82, 2.24) is 0 Å². The second-order valence-electron chi connectivity index (χ2n) is 4.05. The van der Waals surface area contributed by atoms with Gasteiger partial charge in [0, 0.05) is 18.2 Å². The lowest BCUT2D eigenvalue weighted by molar-refractivity contribution is 0.319. The van der Waals surface area contributed by atoms with Gasteiger partial charge in [-0.05, 0) is 13.0 Å². The summed E-state index contributed by atoms with van der Waals surface area (Å²) in [6.07, 6.45) is 0. The van der Waals surface area contributed by atoms with Gasteiger partial charge < -0.3 is 15.2 Å². The Morgan fingerprint density at radius 1 is 0.952 bits per heavy atom. The molecule has 2 aromatic carbocycles. The predicted molar refractivity (Wildman–Crippen MR) is 83.5 cm³/mol. The van der Waals surface area contributed by atoms with Crippen LogP contribution >= 0.6 is 34.8 Å². The number of rotatable bonds is 4. The fourth-order valence-electron chi connectivity index (χ4n) is 1.61. The largest absolute Gasteiger partial charge is 0.491 e. The Bertz CT molecular complexity index is 680. The third kappa shape index (κ3) is 3.64. The molecule has 0 aliphatic carbocycles. The Morgan fingerprint density at radius 3 is 2.29 bits per heavy atom. The Hall–Kier alpha value is -1.36. The molecule has 0 bridgehead atoms. The molecular formula is C14H11Cl3FNO2. The Balaban J connectivity index is 2.39. The standard InChI is InChI=1S/C14H11Cl3FNO2/c1-2-20-13-6-14(11(19)5-10(13)18)21-12-4-8(16)7(15)3-9(12)17/h3-6H,2,19H2,1H3.